The van der Waals surface area contributed by atoms with E-state index in [0.717, 1.165) is 25.0 Å². The maximum atomic E-state index is 13.8. The lowest BCUT2D eigenvalue weighted by atomic mass is 9.74. The zero-order valence-electron chi connectivity index (χ0n) is 21.5. The minimum absolute atomic E-state index is 0.0900. The van der Waals surface area contributed by atoms with E-state index in [-0.39, 0.29) is 29.8 Å². The van der Waals surface area contributed by atoms with Crippen LogP contribution in [-0.2, 0) is 19.1 Å². The van der Waals surface area contributed by atoms with E-state index in [2.05, 4.69) is 17.6 Å². The third kappa shape index (κ3) is 3.99. The Kier molecular flexibility index (Phi) is 6.57. The standard InChI is InChI=1S/C28H37N3O5/c1-5-35-19-12-10-18(11-13-19)29-25(32)22-21-14-15-28(36-21)23(22)27(34)31(16(2)3)24(28)26(33)30-20-9-7-6-8-17(20)4/h10-17,20-24H,5-9H2,1-4H3,(H,29,32)(H,30,33)/t17?,20?,21-,22?,23-,24?,28?/m1/s1. The molecule has 1 aromatic carbocycles. The second-order valence-corrected chi connectivity index (χ2v) is 10.9. The van der Waals surface area contributed by atoms with E-state index in [1.807, 2.05) is 32.9 Å². The maximum Gasteiger partial charge on any atom is 0.246 e. The van der Waals surface area contributed by atoms with Crippen LogP contribution < -0.4 is 15.4 Å². The van der Waals surface area contributed by atoms with Crippen LogP contribution in [0.5, 0.6) is 5.75 Å². The molecule has 3 aliphatic heterocycles. The van der Waals surface area contributed by atoms with Crippen molar-refractivity contribution in [1.82, 2.24) is 10.2 Å². The van der Waals surface area contributed by atoms with Gasteiger partial charge in [0.05, 0.1) is 24.5 Å². The van der Waals surface area contributed by atoms with Crippen molar-refractivity contribution < 1.29 is 23.9 Å². The van der Waals surface area contributed by atoms with Crippen molar-refractivity contribution >= 4 is 23.4 Å². The van der Waals surface area contributed by atoms with Crippen molar-refractivity contribution in [3.05, 3.63) is 36.4 Å². The number of ether oxygens (including phenoxy) is 2. The molecule has 3 amide bonds. The first-order valence-electron chi connectivity index (χ1n) is 13.3. The van der Waals surface area contributed by atoms with Crippen LogP contribution in [0.4, 0.5) is 5.69 Å². The van der Waals surface area contributed by atoms with Crippen LogP contribution in [0.15, 0.2) is 36.4 Å². The fraction of sp³-hybridized carbons (Fsp3) is 0.607. The number of rotatable bonds is 7. The molecule has 0 radical (unpaired) electrons. The van der Waals surface area contributed by atoms with Gasteiger partial charge in [-0.15, -0.1) is 0 Å². The van der Waals surface area contributed by atoms with Crippen molar-refractivity contribution in [2.75, 3.05) is 11.9 Å². The Labute approximate surface area is 212 Å². The topological polar surface area (TPSA) is 97.0 Å². The van der Waals surface area contributed by atoms with Crippen molar-refractivity contribution in [3.8, 4) is 5.75 Å². The van der Waals surface area contributed by atoms with Gasteiger partial charge < -0.3 is 25.0 Å². The zero-order chi connectivity index (χ0) is 25.6. The Balaban J connectivity index is 1.39. The molecule has 4 aliphatic rings. The summed E-state index contributed by atoms with van der Waals surface area (Å²) in [6.45, 7) is 8.46. The second-order valence-electron chi connectivity index (χ2n) is 10.9. The third-order valence-electron chi connectivity index (χ3n) is 8.29. The molecule has 8 nitrogen and oxygen atoms in total. The summed E-state index contributed by atoms with van der Waals surface area (Å²) in [5.41, 5.74) is -0.509. The molecule has 2 N–H and O–H groups in total. The number of hydrogen-bond acceptors (Lipinski definition) is 5. The van der Waals surface area contributed by atoms with E-state index in [1.165, 1.54) is 6.42 Å². The van der Waals surface area contributed by atoms with Crippen LogP contribution in [0.2, 0.25) is 0 Å². The number of anilines is 1. The Morgan fingerprint density at radius 3 is 2.56 bits per heavy atom. The molecule has 8 heteroatoms. The molecule has 1 saturated carbocycles. The number of carbonyl (C=O) groups is 3. The Bertz CT molecular complexity index is 1050. The smallest absolute Gasteiger partial charge is 0.246 e. The van der Waals surface area contributed by atoms with Crippen molar-refractivity contribution in [2.24, 2.45) is 17.8 Å². The first kappa shape index (κ1) is 24.8. The van der Waals surface area contributed by atoms with Crippen molar-refractivity contribution in [1.29, 1.82) is 0 Å². The summed E-state index contributed by atoms with van der Waals surface area (Å²) in [4.78, 5) is 42.7. The lowest BCUT2D eigenvalue weighted by Crippen LogP contribution is -2.58. The number of likely N-dealkylation sites (tertiary alicyclic amines) is 1. The van der Waals surface area contributed by atoms with Gasteiger partial charge in [0.15, 0.2) is 0 Å². The molecular formula is C28H37N3O5. The fourth-order valence-electron chi connectivity index (χ4n) is 6.58. The maximum absolute atomic E-state index is 13.8. The van der Waals surface area contributed by atoms with Gasteiger partial charge in [-0.05, 0) is 63.8 Å². The van der Waals surface area contributed by atoms with Gasteiger partial charge in [-0.3, -0.25) is 14.4 Å². The molecule has 3 heterocycles. The Morgan fingerprint density at radius 1 is 1.17 bits per heavy atom. The molecular weight excluding hydrogens is 458 g/mol. The van der Waals surface area contributed by atoms with Crippen LogP contribution in [0.25, 0.3) is 0 Å². The Morgan fingerprint density at radius 2 is 1.89 bits per heavy atom. The molecule has 2 saturated heterocycles. The summed E-state index contributed by atoms with van der Waals surface area (Å²) in [6.07, 6.45) is 7.46. The van der Waals surface area contributed by atoms with Crippen molar-refractivity contribution in [2.45, 2.75) is 83.2 Å². The van der Waals surface area contributed by atoms with E-state index in [4.69, 9.17) is 9.47 Å². The Hall–Kier alpha value is -2.87. The summed E-state index contributed by atoms with van der Waals surface area (Å²) in [7, 11) is 0. The van der Waals surface area contributed by atoms with Crippen LogP contribution in [0.1, 0.15) is 53.4 Å². The lowest BCUT2D eigenvalue weighted by Gasteiger charge is -2.37. The van der Waals surface area contributed by atoms with E-state index in [1.54, 1.807) is 29.2 Å². The summed E-state index contributed by atoms with van der Waals surface area (Å²) >= 11 is 0. The number of fused-ring (bicyclic) bond motifs is 1. The molecule has 3 fully saturated rings. The molecule has 1 spiro atoms. The van der Waals surface area contributed by atoms with Gasteiger partial charge in [-0.25, -0.2) is 0 Å². The van der Waals surface area contributed by atoms with Crippen LogP contribution >= 0.6 is 0 Å². The van der Waals surface area contributed by atoms with Gasteiger partial charge in [-0.1, -0.05) is 31.9 Å². The molecule has 1 aliphatic carbocycles. The average Bonchev–Trinajstić information content (AvgIpc) is 3.49. The number of carbonyl (C=O) groups excluding carboxylic acids is 3. The highest BCUT2D eigenvalue weighted by atomic mass is 16.5. The quantitative estimate of drug-likeness (QED) is 0.566. The molecule has 2 bridgehead atoms. The molecule has 1 aromatic rings. The van der Waals surface area contributed by atoms with Crippen LogP contribution in [0, 0.1) is 17.8 Å². The molecule has 0 aromatic heterocycles. The number of nitrogens with zero attached hydrogens (tertiary/aromatic N) is 1. The summed E-state index contributed by atoms with van der Waals surface area (Å²) in [6, 6.07) is 6.24. The minimum Gasteiger partial charge on any atom is -0.494 e. The van der Waals surface area contributed by atoms with E-state index >= 15 is 0 Å². The van der Waals surface area contributed by atoms with Gasteiger partial charge in [0.1, 0.15) is 17.4 Å². The largest absolute Gasteiger partial charge is 0.494 e. The first-order chi connectivity index (χ1) is 17.3. The summed E-state index contributed by atoms with van der Waals surface area (Å²) in [5, 5.41) is 6.19. The van der Waals surface area contributed by atoms with Gasteiger partial charge in [-0.2, -0.15) is 0 Å². The van der Waals surface area contributed by atoms with E-state index < -0.39 is 29.6 Å². The SMILES string of the molecule is CCOc1ccc(NC(=O)C2[C@H]3C=CC4(O3)C(C(=O)NC3CCCCC3C)N(C(C)C)C(=O)[C@@H]24)cc1. The minimum atomic E-state index is -1.13. The molecule has 194 valence electrons. The number of nitrogens with one attached hydrogen (secondary N) is 2. The summed E-state index contributed by atoms with van der Waals surface area (Å²) < 4.78 is 11.9. The number of benzene rings is 1. The lowest BCUT2D eigenvalue weighted by molar-refractivity contribution is -0.143. The highest BCUT2D eigenvalue weighted by Crippen LogP contribution is 2.55. The molecule has 7 atom stereocenters. The van der Waals surface area contributed by atoms with E-state index in [9.17, 15) is 14.4 Å². The van der Waals surface area contributed by atoms with Gasteiger partial charge in [0, 0.05) is 17.8 Å². The first-order valence-corrected chi connectivity index (χ1v) is 13.3. The normalized spacial score (nSPS) is 34.7. The monoisotopic (exact) mass is 495 g/mol. The van der Waals surface area contributed by atoms with Gasteiger partial charge >= 0.3 is 0 Å². The number of hydrogen-bond donors (Lipinski definition) is 2. The van der Waals surface area contributed by atoms with Crippen LogP contribution in [-0.4, -0.2) is 59.1 Å². The molecule has 5 rings (SSSR count). The van der Waals surface area contributed by atoms with Crippen LogP contribution in [0.3, 0.4) is 0 Å². The highest BCUT2D eigenvalue weighted by Gasteiger charge is 2.73. The predicted octanol–water partition coefficient (Wildman–Crippen LogP) is 3.28. The summed E-state index contributed by atoms with van der Waals surface area (Å²) in [5.74, 6) is -0.986. The number of amides is 3. The zero-order valence-corrected chi connectivity index (χ0v) is 21.5. The predicted molar refractivity (Wildman–Crippen MR) is 135 cm³/mol. The second kappa shape index (κ2) is 9.54. The van der Waals surface area contributed by atoms with Gasteiger partial charge in [0.2, 0.25) is 17.7 Å². The fourth-order valence-corrected chi connectivity index (χ4v) is 6.58. The third-order valence-corrected chi connectivity index (χ3v) is 8.29. The van der Waals surface area contributed by atoms with Crippen molar-refractivity contribution in [3.63, 3.8) is 0 Å². The average molecular weight is 496 g/mol. The van der Waals surface area contributed by atoms with E-state index in [0.29, 0.717) is 18.2 Å². The molecule has 36 heavy (non-hydrogen) atoms. The van der Waals surface area contributed by atoms with Gasteiger partial charge in [0.25, 0.3) is 0 Å². The highest BCUT2D eigenvalue weighted by molar-refractivity contribution is 6.02. The molecule has 5 unspecified atom stereocenters.